The topological polar surface area (TPSA) is 51.2 Å². The average molecular weight is 330 g/mol. The molecule has 1 aromatic carbocycles. The highest BCUT2D eigenvalue weighted by Gasteiger charge is 2.15. The summed E-state index contributed by atoms with van der Waals surface area (Å²) in [5.74, 6) is 0.850. The van der Waals surface area contributed by atoms with Gasteiger partial charge in [-0.05, 0) is 49.8 Å². The van der Waals surface area contributed by atoms with E-state index in [1.807, 2.05) is 24.3 Å². The van der Waals surface area contributed by atoms with Gasteiger partial charge in [-0.2, -0.15) is 0 Å². The summed E-state index contributed by atoms with van der Waals surface area (Å²) in [5.41, 5.74) is 2.30. The quantitative estimate of drug-likeness (QED) is 0.843. The van der Waals surface area contributed by atoms with E-state index in [0.29, 0.717) is 12.8 Å². The van der Waals surface area contributed by atoms with Gasteiger partial charge in [-0.1, -0.05) is 18.6 Å². The molecule has 5 heteroatoms. The Morgan fingerprint density at radius 1 is 1.30 bits per heavy atom. The van der Waals surface area contributed by atoms with E-state index in [1.54, 1.807) is 18.4 Å². The first kappa shape index (κ1) is 16.0. The summed E-state index contributed by atoms with van der Waals surface area (Å²) in [6.07, 6.45) is 7.04. The van der Waals surface area contributed by atoms with Crippen LogP contribution in [0.25, 0.3) is 0 Å². The number of fused-ring (bicyclic) bond motifs is 1. The second-order valence-corrected chi connectivity index (χ2v) is 6.93. The van der Waals surface area contributed by atoms with Crippen molar-refractivity contribution < 1.29 is 9.53 Å². The van der Waals surface area contributed by atoms with Crippen molar-refractivity contribution in [1.29, 1.82) is 0 Å². The van der Waals surface area contributed by atoms with E-state index in [-0.39, 0.29) is 5.91 Å². The van der Waals surface area contributed by atoms with Crippen molar-refractivity contribution in [3.8, 4) is 5.75 Å². The van der Waals surface area contributed by atoms with E-state index in [0.717, 1.165) is 29.3 Å². The lowest BCUT2D eigenvalue weighted by Crippen LogP contribution is -2.12. The van der Waals surface area contributed by atoms with Crippen LogP contribution in [0.1, 0.15) is 41.8 Å². The van der Waals surface area contributed by atoms with Crippen molar-refractivity contribution in [2.24, 2.45) is 0 Å². The Balaban J connectivity index is 1.55. The van der Waals surface area contributed by atoms with Gasteiger partial charge in [0.2, 0.25) is 5.91 Å². The number of rotatable bonds is 5. The van der Waals surface area contributed by atoms with E-state index >= 15 is 0 Å². The lowest BCUT2D eigenvalue weighted by atomic mass is 10.1. The Morgan fingerprint density at radius 3 is 3.04 bits per heavy atom. The zero-order chi connectivity index (χ0) is 16.1. The van der Waals surface area contributed by atoms with Crippen LogP contribution in [0, 0.1) is 0 Å². The van der Waals surface area contributed by atoms with Crippen LogP contribution < -0.4 is 10.1 Å². The van der Waals surface area contributed by atoms with Crippen molar-refractivity contribution in [2.45, 2.75) is 44.9 Å². The molecule has 0 fully saturated rings. The highest BCUT2D eigenvalue weighted by atomic mass is 32.1. The molecule has 1 aromatic heterocycles. The van der Waals surface area contributed by atoms with Crippen LogP contribution in [0.3, 0.4) is 0 Å². The standard InChI is InChI=1S/C18H22N2O2S/c1-22-14-7-5-6-13(12-14)10-11-17(21)20-18-19-15-8-3-2-4-9-16(15)23-18/h5-7,12H,2-4,8-11H2,1H3,(H,19,20,21). The van der Waals surface area contributed by atoms with Crippen LogP contribution >= 0.6 is 11.3 Å². The number of amides is 1. The zero-order valence-electron chi connectivity index (χ0n) is 13.4. The molecular weight excluding hydrogens is 308 g/mol. The summed E-state index contributed by atoms with van der Waals surface area (Å²) in [6, 6.07) is 7.84. The first-order valence-electron chi connectivity index (χ1n) is 8.16. The second-order valence-electron chi connectivity index (χ2n) is 5.85. The Kier molecular flexibility index (Phi) is 5.28. The minimum absolute atomic E-state index is 0.0247. The van der Waals surface area contributed by atoms with Crippen LogP contribution in [-0.4, -0.2) is 18.0 Å². The van der Waals surface area contributed by atoms with Gasteiger partial charge in [0.25, 0.3) is 0 Å². The maximum Gasteiger partial charge on any atom is 0.226 e. The van der Waals surface area contributed by atoms with Crippen LogP contribution in [-0.2, 0) is 24.1 Å². The predicted molar refractivity (Wildman–Crippen MR) is 93.3 cm³/mol. The van der Waals surface area contributed by atoms with Crippen LogP contribution in [0.2, 0.25) is 0 Å². The number of carbonyl (C=O) groups is 1. The van der Waals surface area contributed by atoms with E-state index in [1.165, 1.54) is 29.8 Å². The minimum atomic E-state index is 0.0247. The molecule has 4 nitrogen and oxygen atoms in total. The molecule has 0 saturated heterocycles. The number of ether oxygens (including phenoxy) is 1. The van der Waals surface area contributed by atoms with E-state index in [4.69, 9.17) is 4.74 Å². The lowest BCUT2D eigenvalue weighted by Gasteiger charge is -2.04. The fourth-order valence-electron chi connectivity index (χ4n) is 2.85. The number of nitrogens with zero attached hydrogens (tertiary/aromatic N) is 1. The van der Waals surface area contributed by atoms with Crippen LogP contribution in [0.5, 0.6) is 5.75 Å². The van der Waals surface area contributed by atoms with E-state index in [9.17, 15) is 4.79 Å². The number of nitrogens with one attached hydrogen (secondary N) is 1. The molecule has 1 amide bonds. The Labute approximate surface area is 140 Å². The fraction of sp³-hybridized carbons (Fsp3) is 0.444. The average Bonchev–Trinajstić information content (AvgIpc) is 2.81. The number of hydrogen-bond donors (Lipinski definition) is 1. The first-order chi connectivity index (χ1) is 11.2. The highest BCUT2D eigenvalue weighted by molar-refractivity contribution is 7.15. The minimum Gasteiger partial charge on any atom is -0.497 e. The van der Waals surface area contributed by atoms with Gasteiger partial charge in [0, 0.05) is 11.3 Å². The Morgan fingerprint density at radius 2 is 2.17 bits per heavy atom. The number of aryl methyl sites for hydroxylation is 3. The summed E-state index contributed by atoms with van der Waals surface area (Å²) in [5, 5.41) is 3.71. The molecule has 3 rings (SSSR count). The van der Waals surface area contributed by atoms with Gasteiger partial charge in [-0.3, -0.25) is 4.79 Å². The molecule has 1 N–H and O–H groups in total. The number of methoxy groups -OCH3 is 1. The van der Waals surface area contributed by atoms with Crippen LogP contribution in [0.15, 0.2) is 24.3 Å². The molecule has 1 aliphatic carbocycles. The third-order valence-corrected chi connectivity index (χ3v) is 5.19. The third-order valence-electron chi connectivity index (χ3n) is 4.12. The molecule has 1 aliphatic rings. The largest absolute Gasteiger partial charge is 0.497 e. The second kappa shape index (κ2) is 7.59. The normalized spacial score (nSPS) is 14.0. The molecule has 0 aliphatic heterocycles. The third kappa shape index (κ3) is 4.32. The van der Waals surface area contributed by atoms with Gasteiger partial charge in [0.15, 0.2) is 5.13 Å². The molecule has 0 unspecified atom stereocenters. The molecule has 122 valence electrons. The summed E-state index contributed by atoms with van der Waals surface area (Å²) in [6.45, 7) is 0. The van der Waals surface area contributed by atoms with Crippen molar-refractivity contribution in [3.63, 3.8) is 0 Å². The number of aromatic nitrogens is 1. The molecule has 0 saturated carbocycles. The van der Waals surface area contributed by atoms with Crippen molar-refractivity contribution in [2.75, 3.05) is 12.4 Å². The smallest absolute Gasteiger partial charge is 0.226 e. The molecule has 23 heavy (non-hydrogen) atoms. The molecule has 0 radical (unpaired) electrons. The Hall–Kier alpha value is -1.88. The molecule has 1 heterocycles. The molecule has 2 aromatic rings. The van der Waals surface area contributed by atoms with Gasteiger partial charge in [0.1, 0.15) is 5.75 Å². The summed E-state index contributed by atoms with van der Waals surface area (Å²) >= 11 is 1.64. The fourth-order valence-corrected chi connectivity index (χ4v) is 3.92. The molecule has 0 bridgehead atoms. The number of anilines is 1. The Bertz CT molecular complexity index is 658. The van der Waals surface area contributed by atoms with Crippen molar-refractivity contribution in [1.82, 2.24) is 4.98 Å². The highest BCUT2D eigenvalue weighted by Crippen LogP contribution is 2.29. The molecule has 0 atom stereocenters. The van der Waals surface area contributed by atoms with Crippen molar-refractivity contribution in [3.05, 3.63) is 40.4 Å². The monoisotopic (exact) mass is 330 g/mol. The summed E-state index contributed by atoms with van der Waals surface area (Å²) in [7, 11) is 1.65. The molecular formula is C18H22N2O2S. The number of hydrogen-bond acceptors (Lipinski definition) is 4. The lowest BCUT2D eigenvalue weighted by molar-refractivity contribution is -0.116. The van der Waals surface area contributed by atoms with Gasteiger partial charge >= 0.3 is 0 Å². The van der Waals surface area contributed by atoms with Gasteiger partial charge in [-0.15, -0.1) is 11.3 Å². The first-order valence-corrected chi connectivity index (χ1v) is 8.97. The number of carbonyl (C=O) groups excluding carboxylic acids is 1. The SMILES string of the molecule is COc1cccc(CCC(=O)Nc2nc3c(s2)CCCCC3)c1. The van der Waals surface area contributed by atoms with Crippen molar-refractivity contribution >= 4 is 22.4 Å². The van der Waals surface area contributed by atoms with Crippen LogP contribution in [0.4, 0.5) is 5.13 Å². The maximum absolute atomic E-state index is 12.1. The number of benzene rings is 1. The van der Waals surface area contributed by atoms with E-state index < -0.39 is 0 Å². The maximum atomic E-state index is 12.1. The summed E-state index contributed by atoms with van der Waals surface area (Å²) < 4.78 is 5.21. The van der Waals surface area contributed by atoms with Gasteiger partial charge < -0.3 is 10.1 Å². The van der Waals surface area contributed by atoms with E-state index in [2.05, 4.69) is 10.3 Å². The van der Waals surface area contributed by atoms with Gasteiger partial charge in [-0.25, -0.2) is 4.98 Å². The molecule has 0 spiro atoms. The zero-order valence-corrected chi connectivity index (χ0v) is 14.2. The number of thiazole rings is 1. The van der Waals surface area contributed by atoms with Gasteiger partial charge in [0.05, 0.1) is 12.8 Å². The summed E-state index contributed by atoms with van der Waals surface area (Å²) in [4.78, 5) is 18.1. The predicted octanol–water partition coefficient (Wildman–Crippen LogP) is 3.99.